The second-order valence-corrected chi connectivity index (χ2v) is 6.60. The summed E-state index contributed by atoms with van der Waals surface area (Å²) < 4.78 is 5.29. The van der Waals surface area contributed by atoms with E-state index in [1.54, 1.807) is 0 Å². The molecule has 2 aliphatic rings. The molecule has 0 spiro atoms. The molecule has 1 N–H and O–H groups in total. The molecule has 4 heteroatoms. The number of rotatable bonds is 7. The Hall–Kier alpha value is -0.610. The van der Waals surface area contributed by atoms with E-state index in [4.69, 9.17) is 4.74 Å². The average molecular weight is 282 g/mol. The molecule has 2 fully saturated rings. The highest BCUT2D eigenvalue weighted by Crippen LogP contribution is 2.26. The van der Waals surface area contributed by atoms with Gasteiger partial charge in [0.15, 0.2) is 0 Å². The van der Waals surface area contributed by atoms with Gasteiger partial charge in [0.1, 0.15) is 5.54 Å². The van der Waals surface area contributed by atoms with Crippen LogP contribution in [0.15, 0.2) is 0 Å². The van der Waals surface area contributed by atoms with Crippen LogP contribution in [0.3, 0.4) is 0 Å². The number of nitrogens with one attached hydrogen (secondary N) is 1. The van der Waals surface area contributed by atoms with Crippen LogP contribution in [0.2, 0.25) is 0 Å². The monoisotopic (exact) mass is 282 g/mol. The van der Waals surface area contributed by atoms with E-state index in [-0.39, 0.29) is 5.97 Å². The number of piperidine rings is 1. The van der Waals surface area contributed by atoms with E-state index >= 15 is 0 Å². The van der Waals surface area contributed by atoms with Crippen LogP contribution in [0, 0.1) is 5.92 Å². The van der Waals surface area contributed by atoms with Crippen molar-refractivity contribution in [3.63, 3.8) is 0 Å². The molecule has 1 atom stereocenters. The average Bonchev–Trinajstić information content (AvgIpc) is 3.23. The maximum atomic E-state index is 12.3. The van der Waals surface area contributed by atoms with E-state index in [0.717, 1.165) is 25.6 Å². The number of nitrogens with zero attached hydrogens (tertiary/aromatic N) is 1. The molecule has 1 aliphatic heterocycles. The summed E-state index contributed by atoms with van der Waals surface area (Å²) in [5, 5.41) is 3.51. The Morgan fingerprint density at radius 3 is 2.40 bits per heavy atom. The summed E-state index contributed by atoms with van der Waals surface area (Å²) in [5.41, 5.74) is -0.545. The number of ether oxygens (including phenoxy) is 1. The lowest BCUT2D eigenvalue weighted by Crippen LogP contribution is -2.59. The summed E-state index contributed by atoms with van der Waals surface area (Å²) in [5.74, 6) is 0.779. The Morgan fingerprint density at radius 1 is 1.25 bits per heavy atom. The topological polar surface area (TPSA) is 41.6 Å². The van der Waals surface area contributed by atoms with Crippen LogP contribution in [0.5, 0.6) is 0 Å². The third kappa shape index (κ3) is 4.19. The van der Waals surface area contributed by atoms with Gasteiger partial charge in [0.05, 0.1) is 6.61 Å². The van der Waals surface area contributed by atoms with E-state index in [9.17, 15) is 4.79 Å². The predicted molar refractivity (Wildman–Crippen MR) is 80.7 cm³/mol. The molecular formula is C16H30N2O2. The van der Waals surface area contributed by atoms with Crippen LogP contribution in [0.1, 0.15) is 52.9 Å². The zero-order chi connectivity index (χ0) is 14.6. The zero-order valence-electron chi connectivity index (χ0n) is 13.3. The van der Waals surface area contributed by atoms with Gasteiger partial charge in [-0.15, -0.1) is 0 Å². The number of carbonyl (C=O) groups is 1. The first kappa shape index (κ1) is 15.8. The van der Waals surface area contributed by atoms with Crippen molar-refractivity contribution in [2.75, 3.05) is 26.2 Å². The standard InChI is InChI=1S/C16H30N2O2/c1-4-13-8-10-18(11-9-13)12-16(3,15(19)20-5-2)17-14-6-7-14/h13-14,17H,4-12H2,1-3H3. The van der Waals surface area contributed by atoms with Gasteiger partial charge in [0.2, 0.25) is 0 Å². The highest BCUT2D eigenvalue weighted by molar-refractivity contribution is 5.80. The van der Waals surface area contributed by atoms with E-state index in [0.29, 0.717) is 12.6 Å². The first-order valence-electron chi connectivity index (χ1n) is 8.24. The van der Waals surface area contributed by atoms with Crippen LogP contribution in [-0.4, -0.2) is 48.7 Å². The van der Waals surface area contributed by atoms with Crippen LogP contribution < -0.4 is 5.32 Å². The number of likely N-dealkylation sites (tertiary alicyclic amines) is 1. The van der Waals surface area contributed by atoms with Crippen molar-refractivity contribution in [3.8, 4) is 0 Å². The summed E-state index contributed by atoms with van der Waals surface area (Å²) in [6.07, 6.45) is 6.18. The molecule has 0 aromatic heterocycles. The van der Waals surface area contributed by atoms with Gasteiger partial charge < -0.3 is 9.64 Å². The fourth-order valence-corrected chi connectivity index (χ4v) is 3.14. The summed E-state index contributed by atoms with van der Waals surface area (Å²) in [4.78, 5) is 14.7. The van der Waals surface area contributed by atoms with Crippen molar-refractivity contribution in [3.05, 3.63) is 0 Å². The molecule has 1 aliphatic carbocycles. The van der Waals surface area contributed by atoms with Crippen LogP contribution in [0.4, 0.5) is 0 Å². The largest absolute Gasteiger partial charge is 0.465 e. The van der Waals surface area contributed by atoms with Gasteiger partial charge in [0.25, 0.3) is 0 Å². The van der Waals surface area contributed by atoms with Gasteiger partial charge in [-0.05, 0) is 58.5 Å². The van der Waals surface area contributed by atoms with E-state index in [1.165, 1.54) is 32.1 Å². The SMILES string of the molecule is CCOC(=O)C(C)(CN1CCC(CC)CC1)NC1CC1. The van der Waals surface area contributed by atoms with Crippen LogP contribution in [-0.2, 0) is 9.53 Å². The summed E-state index contributed by atoms with van der Waals surface area (Å²) >= 11 is 0. The lowest BCUT2D eigenvalue weighted by molar-refractivity contribution is -0.151. The van der Waals surface area contributed by atoms with Crippen LogP contribution in [0.25, 0.3) is 0 Å². The molecule has 1 heterocycles. The fraction of sp³-hybridized carbons (Fsp3) is 0.938. The Morgan fingerprint density at radius 2 is 1.90 bits per heavy atom. The van der Waals surface area contributed by atoms with E-state index in [1.807, 2.05) is 13.8 Å². The van der Waals surface area contributed by atoms with Crippen molar-refractivity contribution in [2.45, 2.75) is 64.5 Å². The molecule has 0 bridgehead atoms. The molecule has 0 aromatic carbocycles. The van der Waals surface area contributed by atoms with Crippen molar-refractivity contribution < 1.29 is 9.53 Å². The Labute approximate surface area is 123 Å². The predicted octanol–water partition coefficient (Wildman–Crippen LogP) is 2.18. The maximum absolute atomic E-state index is 12.3. The molecule has 1 saturated heterocycles. The number of hydrogen-bond donors (Lipinski definition) is 1. The molecule has 0 amide bonds. The van der Waals surface area contributed by atoms with Gasteiger partial charge in [0, 0.05) is 12.6 Å². The highest BCUT2D eigenvalue weighted by Gasteiger charge is 2.41. The number of carbonyl (C=O) groups excluding carboxylic acids is 1. The van der Waals surface area contributed by atoms with Gasteiger partial charge in [-0.25, -0.2) is 0 Å². The lowest BCUT2D eigenvalue weighted by Gasteiger charge is -2.38. The number of hydrogen-bond acceptors (Lipinski definition) is 4. The van der Waals surface area contributed by atoms with E-state index in [2.05, 4.69) is 17.1 Å². The molecule has 0 aromatic rings. The molecule has 1 saturated carbocycles. The quantitative estimate of drug-likeness (QED) is 0.727. The zero-order valence-corrected chi connectivity index (χ0v) is 13.3. The Bertz CT molecular complexity index is 322. The van der Waals surface area contributed by atoms with Crippen LogP contribution >= 0.6 is 0 Å². The number of esters is 1. The smallest absolute Gasteiger partial charge is 0.327 e. The molecule has 2 rings (SSSR count). The second kappa shape index (κ2) is 6.90. The normalized spacial score (nSPS) is 24.4. The Balaban J connectivity index is 1.91. The first-order valence-corrected chi connectivity index (χ1v) is 8.24. The van der Waals surface area contributed by atoms with Gasteiger partial charge in [-0.2, -0.15) is 0 Å². The fourth-order valence-electron chi connectivity index (χ4n) is 3.14. The Kier molecular flexibility index (Phi) is 5.44. The van der Waals surface area contributed by atoms with Gasteiger partial charge in [-0.1, -0.05) is 13.3 Å². The highest BCUT2D eigenvalue weighted by atomic mass is 16.5. The summed E-state index contributed by atoms with van der Waals surface area (Å²) in [7, 11) is 0. The van der Waals surface area contributed by atoms with E-state index < -0.39 is 5.54 Å². The lowest BCUT2D eigenvalue weighted by atomic mass is 9.92. The van der Waals surface area contributed by atoms with Crippen molar-refractivity contribution in [1.82, 2.24) is 10.2 Å². The molecule has 1 unspecified atom stereocenters. The molecule has 20 heavy (non-hydrogen) atoms. The molecular weight excluding hydrogens is 252 g/mol. The summed E-state index contributed by atoms with van der Waals surface area (Å²) in [6, 6.07) is 0.512. The molecule has 0 radical (unpaired) electrons. The minimum absolute atomic E-state index is 0.0930. The van der Waals surface area contributed by atoms with Crippen molar-refractivity contribution in [2.24, 2.45) is 5.92 Å². The molecule has 116 valence electrons. The van der Waals surface area contributed by atoms with Gasteiger partial charge in [-0.3, -0.25) is 10.1 Å². The minimum atomic E-state index is -0.545. The third-order valence-electron chi connectivity index (χ3n) is 4.65. The summed E-state index contributed by atoms with van der Waals surface area (Å²) in [6.45, 7) is 9.62. The maximum Gasteiger partial charge on any atom is 0.327 e. The van der Waals surface area contributed by atoms with Gasteiger partial charge >= 0.3 is 5.97 Å². The second-order valence-electron chi connectivity index (χ2n) is 6.60. The third-order valence-corrected chi connectivity index (χ3v) is 4.65. The van der Waals surface area contributed by atoms with Crippen molar-refractivity contribution >= 4 is 5.97 Å². The van der Waals surface area contributed by atoms with Crippen molar-refractivity contribution in [1.29, 1.82) is 0 Å². The minimum Gasteiger partial charge on any atom is -0.465 e. The first-order chi connectivity index (χ1) is 9.57. The molecule has 4 nitrogen and oxygen atoms in total.